The molecule has 1 saturated heterocycles. The maximum atomic E-state index is 4.42. The summed E-state index contributed by atoms with van der Waals surface area (Å²) >= 11 is 0. The molecule has 2 heterocycles. The van der Waals surface area contributed by atoms with Gasteiger partial charge in [-0.1, -0.05) is 12.8 Å². The highest BCUT2D eigenvalue weighted by Gasteiger charge is 2.18. The van der Waals surface area contributed by atoms with Crippen LogP contribution in [0, 0.1) is 0 Å². The molecule has 5 heteroatoms. The lowest BCUT2D eigenvalue weighted by atomic mass is 10.2. The largest absolute Gasteiger partial charge is 0.367 e. The van der Waals surface area contributed by atoms with Gasteiger partial charge in [0.2, 0.25) is 0 Å². The van der Waals surface area contributed by atoms with Crippen LogP contribution in [0.3, 0.4) is 0 Å². The summed E-state index contributed by atoms with van der Waals surface area (Å²) in [7, 11) is 2.17. The monoisotopic (exact) mass is 261 g/mol. The molecule has 0 atom stereocenters. The van der Waals surface area contributed by atoms with Crippen LogP contribution < -0.4 is 10.2 Å². The molecule has 5 nitrogen and oxygen atoms in total. The second kappa shape index (κ2) is 5.74. The van der Waals surface area contributed by atoms with E-state index < -0.39 is 0 Å². The van der Waals surface area contributed by atoms with Gasteiger partial charge in [0.1, 0.15) is 18.0 Å². The van der Waals surface area contributed by atoms with Crippen LogP contribution >= 0.6 is 0 Å². The average Bonchev–Trinajstić information content (AvgIpc) is 2.93. The Morgan fingerprint density at radius 3 is 2.58 bits per heavy atom. The fourth-order valence-electron chi connectivity index (χ4n) is 2.91. The van der Waals surface area contributed by atoms with E-state index >= 15 is 0 Å². The molecule has 2 fully saturated rings. The van der Waals surface area contributed by atoms with Gasteiger partial charge >= 0.3 is 0 Å². The van der Waals surface area contributed by atoms with Crippen molar-refractivity contribution in [1.29, 1.82) is 0 Å². The van der Waals surface area contributed by atoms with Crippen molar-refractivity contribution in [2.75, 3.05) is 43.4 Å². The lowest BCUT2D eigenvalue weighted by Gasteiger charge is -2.33. The first-order valence-electron chi connectivity index (χ1n) is 7.33. The number of likely N-dealkylation sites (N-methyl/N-ethyl adjacent to an activating group) is 1. The number of rotatable bonds is 3. The van der Waals surface area contributed by atoms with Gasteiger partial charge in [0.05, 0.1) is 0 Å². The van der Waals surface area contributed by atoms with Gasteiger partial charge in [0.15, 0.2) is 0 Å². The maximum absolute atomic E-state index is 4.42. The van der Waals surface area contributed by atoms with Crippen molar-refractivity contribution in [3.63, 3.8) is 0 Å². The molecular weight excluding hydrogens is 238 g/mol. The lowest BCUT2D eigenvalue weighted by molar-refractivity contribution is 0.312. The number of piperazine rings is 1. The van der Waals surface area contributed by atoms with Crippen LogP contribution in [-0.2, 0) is 0 Å². The fraction of sp³-hybridized carbons (Fsp3) is 0.714. The Kier molecular flexibility index (Phi) is 3.82. The van der Waals surface area contributed by atoms with Crippen molar-refractivity contribution < 1.29 is 0 Å². The standard InChI is InChI=1S/C14H23N5/c1-18-6-8-19(9-7-18)14-10-13(15-11-16-14)17-12-4-2-3-5-12/h10-12H,2-9H2,1H3,(H,15,16,17). The molecular formula is C14H23N5. The molecule has 0 bridgehead atoms. The summed E-state index contributed by atoms with van der Waals surface area (Å²) in [6.45, 7) is 4.32. The molecule has 104 valence electrons. The molecule has 0 unspecified atom stereocenters. The highest BCUT2D eigenvalue weighted by atomic mass is 15.3. The Hall–Kier alpha value is -1.36. The third kappa shape index (κ3) is 3.15. The van der Waals surface area contributed by atoms with Gasteiger partial charge in [-0.15, -0.1) is 0 Å². The molecule has 0 aromatic carbocycles. The summed E-state index contributed by atoms with van der Waals surface area (Å²) in [5.41, 5.74) is 0. The van der Waals surface area contributed by atoms with Crippen LogP contribution in [0.2, 0.25) is 0 Å². The first kappa shape index (κ1) is 12.7. The van der Waals surface area contributed by atoms with E-state index in [1.807, 2.05) is 0 Å². The Labute approximate surface area is 115 Å². The molecule has 1 aliphatic heterocycles. The van der Waals surface area contributed by atoms with Crippen LogP contribution in [0.5, 0.6) is 0 Å². The van der Waals surface area contributed by atoms with Crippen molar-refractivity contribution in [3.05, 3.63) is 12.4 Å². The van der Waals surface area contributed by atoms with E-state index in [9.17, 15) is 0 Å². The number of aromatic nitrogens is 2. The van der Waals surface area contributed by atoms with Gasteiger partial charge in [0, 0.05) is 38.3 Å². The van der Waals surface area contributed by atoms with E-state index in [1.54, 1.807) is 6.33 Å². The predicted octanol–water partition coefficient (Wildman–Crippen LogP) is 1.58. The van der Waals surface area contributed by atoms with Gasteiger partial charge < -0.3 is 15.1 Å². The van der Waals surface area contributed by atoms with Crippen LogP contribution in [0.4, 0.5) is 11.6 Å². The van der Waals surface area contributed by atoms with E-state index in [0.717, 1.165) is 37.8 Å². The van der Waals surface area contributed by atoms with Crippen LogP contribution in [0.25, 0.3) is 0 Å². The van der Waals surface area contributed by atoms with Gasteiger partial charge in [-0.25, -0.2) is 9.97 Å². The van der Waals surface area contributed by atoms with E-state index in [1.165, 1.54) is 25.7 Å². The molecule has 0 radical (unpaired) electrons. The second-order valence-corrected chi connectivity index (χ2v) is 5.68. The van der Waals surface area contributed by atoms with Gasteiger partial charge in [-0.3, -0.25) is 0 Å². The van der Waals surface area contributed by atoms with Crippen molar-refractivity contribution in [2.45, 2.75) is 31.7 Å². The number of hydrogen-bond acceptors (Lipinski definition) is 5. The zero-order chi connectivity index (χ0) is 13.1. The van der Waals surface area contributed by atoms with Crippen molar-refractivity contribution in [1.82, 2.24) is 14.9 Å². The molecule has 1 aromatic rings. The topological polar surface area (TPSA) is 44.3 Å². The van der Waals surface area contributed by atoms with Crippen molar-refractivity contribution >= 4 is 11.6 Å². The number of anilines is 2. The normalized spacial score (nSPS) is 21.8. The Balaban J connectivity index is 1.65. The number of nitrogens with zero attached hydrogens (tertiary/aromatic N) is 4. The van der Waals surface area contributed by atoms with Crippen molar-refractivity contribution in [2.24, 2.45) is 0 Å². The molecule has 1 aromatic heterocycles. The van der Waals surface area contributed by atoms with Crippen LogP contribution in [0.1, 0.15) is 25.7 Å². The van der Waals surface area contributed by atoms with Gasteiger partial charge in [0.25, 0.3) is 0 Å². The van der Waals surface area contributed by atoms with Gasteiger partial charge in [-0.2, -0.15) is 0 Å². The Bertz CT molecular complexity index is 408. The average molecular weight is 261 g/mol. The fourth-order valence-corrected chi connectivity index (χ4v) is 2.91. The Morgan fingerprint density at radius 2 is 1.84 bits per heavy atom. The summed E-state index contributed by atoms with van der Waals surface area (Å²) < 4.78 is 0. The molecule has 1 aliphatic carbocycles. The summed E-state index contributed by atoms with van der Waals surface area (Å²) in [4.78, 5) is 13.5. The first-order chi connectivity index (χ1) is 9.31. The summed E-state index contributed by atoms with van der Waals surface area (Å²) in [6, 6.07) is 2.71. The highest BCUT2D eigenvalue weighted by molar-refractivity contribution is 5.49. The minimum Gasteiger partial charge on any atom is -0.367 e. The zero-order valence-corrected chi connectivity index (χ0v) is 11.7. The summed E-state index contributed by atoms with van der Waals surface area (Å²) in [5, 5.41) is 3.54. The second-order valence-electron chi connectivity index (χ2n) is 5.68. The number of nitrogens with one attached hydrogen (secondary N) is 1. The molecule has 1 N–H and O–H groups in total. The molecule has 19 heavy (non-hydrogen) atoms. The van der Waals surface area contributed by atoms with E-state index in [4.69, 9.17) is 0 Å². The summed E-state index contributed by atoms with van der Waals surface area (Å²) in [6.07, 6.45) is 6.91. The maximum Gasteiger partial charge on any atom is 0.134 e. The Morgan fingerprint density at radius 1 is 1.11 bits per heavy atom. The third-order valence-electron chi connectivity index (χ3n) is 4.19. The smallest absolute Gasteiger partial charge is 0.134 e. The molecule has 0 amide bonds. The first-order valence-corrected chi connectivity index (χ1v) is 7.33. The molecule has 1 saturated carbocycles. The van der Waals surface area contributed by atoms with Gasteiger partial charge in [-0.05, 0) is 19.9 Å². The van der Waals surface area contributed by atoms with Crippen LogP contribution in [0.15, 0.2) is 12.4 Å². The zero-order valence-electron chi connectivity index (χ0n) is 11.7. The van der Waals surface area contributed by atoms with E-state index in [0.29, 0.717) is 6.04 Å². The quantitative estimate of drug-likeness (QED) is 0.895. The molecule has 2 aliphatic rings. The molecule has 3 rings (SSSR count). The predicted molar refractivity (Wildman–Crippen MR) is 77.6 cm³/mol. The minimum absolute atomic E-state index is 0.607. The highest BCUT2D eigenvalue weighted by Crippen LogP contribution is 2.23. The summed E-state index contributed by atoms with van der Waals surface area (Å²) in [5.74, 6) is 2.04. The van der Waals surface area contributed by atoms with E-state index in [-0.39, 0.29) is 0 Å². The number of hydrogen-bond donors (Lipinski definition) is 1. The van der Waals surface area contributed by atoms with Crippen molar-refractivity contribution in [3.8, 4) is 0 Å². The van der Waals surface area contributed by atoms with Crippen LogP contribution in [-0.4, -0.2) is 54.1 Å². The van der Waals surface area contributed by atoms with E-state index in [2.05, 4.69) is 38.2 Å². The minimum atomic E-state index is 0.607. The SMILES string of the molecule is CN1CCN(c2cc(NC3CCCC3)ncn2)CC1. The third-order valence-corrected chi connectivity index (χ3v) is 4.19. The lowest BCUT2D eigenvalue weighted by Crippen LogP contribution is -2.44. The molecule has 0 spiro atoms.